The Bertz CT molecular complexity index is 643. The van der Waals surface area contributed by atoms with Gasteiger partial charge < -0.3 is 5.11 Å². The van der Waals surface area contributed by atoms with Crippen molar-refractivity contribution < 1.29 is 5.11 Å². The van der Waals surface area contributed by atoms with Crippen molar-refractivity contribution in [1.29, 1.82) is 0 Å². The Balaban J connectivity index is 2.66. The molecule has 0 bridgehead atoms. The van der Waals surface area contributed by atoms with Gasteiger partial charge in [-0.25, -0.2) is 0 Å². The Morgan fingerprint density at radius 2 is 1.96 bits per heavy atom. The molecule has 0 heterocycles. The third kappa shape index (κ3) is 3.94. The predicted molar refractivity (Wildman–Crippen MR) is 105 cm³/mol. The summed E-state index contributed by atoms with van der Waals surface area (Å²) in [6, 6.07) is 4.31. The van der Waals surface area contributed by atoms with Gasteiger partial charge in [0.05, 0.1) is 0 Å². The molecule has 0 unspecified atom stereocenters. The van der Waals surface area contributed by atoms with Gasteiger partial charge in [0.1, 0.15) is 5.75 Å². The lowest BCUT2D eigenvalue weighted by Crippen LogP contribution is -2.22. The highest BCUT2D eigenvalue weighted by atomic mass is 16.3. The Labute approximate surface area is 148 Å². The maximum atomic E-state index is 10.9. The molecule has 2 rings (SSSR count). The summed E-state index contributed by atoms with van der Waals surface area (Å²) in [5.41, 5.74) is 6.31. The molecule has 1 aliphatic rings. The van der Waals surface area contributed by atoms with Gasteiger partial charge in [0.15, 0.2) is 0 Å². The molecule has 0 saturated heterocycles. The van der Waals surface area contributed by atoms with Crippen molar-refractivity contribution in [1.82, 2.24) is 0 Å². The van der Waals surface area contributed by atoms with Crippen LogP contribution < -0.4 is 0 Å². The number of aromatic hydroxyl groups is 1. The number of hydrogen-bond acceptors (Lipinski definition) is 1. The highest BCUT2D eigenvalue weighted by molar-refractivity contribution is 5.51. The van der Waals surface area contributed by atoms with E-state index in [1.54, 1.807) is 0 Å². The third-order valence-corrected chi connectivity index (χ3v) is 5.28. The standard InChI is InChI=1S/C23H34O/c1-8-9-17-13-20(23(5,6)7)22(21(24)14-17)19-12-16(4)10-11-18(19)15(2)3/h12-14,18-19,24H,2,8-11H2,1,3-7H3/t18-,19+/m0/s1. The first-order chi connectivity index (χ1) is 11.1. The van der Waals surface area contributed by atoms with Gasteiger partial charge in [-0.2, -0.15) is 0 Å². The van der Waals surface area contributed by atoms with Crippen LogP contribution in [-0.4, -0.2) is 5.11 Å². The zero-order chi connectivity index (χ0) is 18.1. The first-order valence-corrected chi connectivity index (χ1v) is 9.34. The predicted octanol–water partition coefficient (Wildman–Crippen LogP) is 6.66. The first kappa shape index (κ1) is 18.8. The largest absolute Gasteiger partial charge is 0.508 e. The van der Waals surface area contributed by atoms with E-state index in [1.165, 1.54) is 22.3 Å². The number of phenolic OH excluding ortho intramolecular Hbond substituents is 1. The maximum absolute atomic E-state index is 10.9. The Hall–Kier alpha value is -1.50. The number of allylic oxidation sites excluding steroid dienone is 3. The molecule has 0 spiro atoms. The van der Waals surface area contributed by atoms with Crippen LogP contribution in [0.2, 0.25) is 0 Å². The first-order valence-electron chi connectivity index (χ1n) is 9.34. The minimum atomic E-state index is 0.00931. The molecular formula is C23H34O. The van der Waals surface area contributed by atoms with E-state index in [0.29, 0.717) is 11.7 Å². The van der Waals surface area contributed by atoms with Gasteiger partial charge >= 0.3 is 0 Å². The van der Waals surface area contributed by atoms with Crippen molar-refractivity contribution in [2.24, 2.45) is 5.92 Å². The van der Waals surface area contributed by atoms with Crippen LogP contribution in [0.5, 0.6) is 5.75 Å². The molecule has 1 aromatic carbocycles. The molecule has 0 aliphatic heterocycles. The van der Waals surface area contributed by atoms with Crippen LogP contribution in [-0.2, 0) is 11.8 Å². The van der Waals surface area contributed by atoms with Gasteiger partial charge in [0, 0.05) is 11.5 Å². The second-order valence-electron chi connectivity index (χ2n) is 8.61. The third-order valence-electron chi connectivity index (χ3n) is 5.28. The second kappa shape index (κ2) is 7.17. The van der Waals surface area contributed by atoms with Crippen LogP contribution in [0, 0.1) is 5.92 Å². The van der Waals surface area contributed by atoms with Crippen molar-refractivity contribution in [2.75, 3.05) is 0 Å². The van der Waals surface area contributed by atoms with Crippen molar-refractivity contribution in [2.45, 2.75) is 78.6 Å². The smallest absolute Gasteiger partial charge is 0.119 e. The number of benzene rings is 1. The summed E-state index contributed by atoms with van der Waals surface area (Å²) in [7, 11) is 0. The monoisotopic (exact) mass is 326 g/mol. The molecule has 0 saturated carbocycles. The van der Waals surface area contributed by atoms with E-state index in [-0.39, 0.29) is 11.3 Å². The minimum absolute atomic E-state index is 0.00931. The normalized spacial score (nSPS) is 21.5. The molecule has 1 aromatic rings. The summed E-state index contributed by atoms with van der Waals surface area (Å²) >= 11 is 0. The fraction of sp³-hybridized carbons (Fsp3) is 0.565. The summed E-state index contributed by atoms with van der Waals surface area (Å²) in [4.78, 5) is 0. The zero-order valence-electron chi connectivity index (χ0n) is 16.4. The molecular weight excluding hydrogens is 292 g/mol. The van der Waals surface area contributed by atoms with Gasteiger partial charge in [0.2, 0.25) is 0 Å². The lowest BCUT2D eigenvalue weighted by molar-refractivity contribution is 0.426. The highest BCUT2D eigenvalue weighted by Gasteiger charge is 2.32. The molecule has 24 heavy (non-hydrogen) atoms. The van der Waals surface area contributed by atoms with E-state index in [2.05, 4.69) is 60.3 Å². The van der Waals surface area contributed by atoms with Gasteiger partial charge in [-0.05, 0) is 61.6 Å². The van der Waals surface area contributed by atoms with Gasteiger partial charge in [-0.1, -0.05) is 64.0 Å². The van der Waals surface area contributed by atoms with Crippen LogP contribution in [0.25, 0.3) is 0 Å². The van der Waals surface area contributed by atoms with Crippen molar-refractivity contribution in [3.05, 3.63) is 52.6 Å². The SMILES string of the molecule is C=C(C)[C@@H]1CCC(C)=C[C@H]1c1c(O)cc(CCC)cc1C(C)(C)C. The second-order valence-corrected chi connectivity index (χ2v) is 8.61. The van der Waals surface area contributed by atoms with E-state index in [9.17, 15) is 5.11 Å². The van der Waals surface area contributed by atoms with Gasteiger partial charge in [-0.3, -0.25) is 0 Å². The van der Waals surface area contributed by atoms with Crippen LogP contribution in [0.3, 0.4) is 0 Å². The average Bonchev–Trinajstić information content (AvgIpc) is 2.45. The molecule has 0 radical (unpaired) electrons. The van der Waals surface area contributed by atoms with Crippen LogP contribution in [0.15, 0.2) is 35.9 Å². The van der Waals surface area contributed by atoms with Crippen LogP contribution in [0.4, 0.5) is 0 Å². The van der Waals surface area contributed by atoms with Gasteiger partial charge in [-0.15, -0.1) is 0 Å². The topological polar surface area (TPSA) is 20.2 Å². The molecule has 1 nitrogen and oxygen atoms in total. The summed E-state index contributed by atoms with van der Waals surface area (Å²) in [6.07, 6.45) is 6.74. The number of aryl methyl sites for hydroxylation is 1. The minimum Gasteiger partial charge on any atom is -0.508 e. The lowest BCUT2D eigenvalue weighted by atomic mass is 9.69. The van der Waals surface area contributed by atoms with E-state index in [4.69, 9.17) is 0 Å². The Kier molecular flexibility index (Phi) is 5.63. The molecule has 1 aliphatic carbocycles. The molecule has 1 heteroatoms. The Morgan fingerprint density at radius 3 is 2.50 bits per heavy atom. The summed E-state index contributed by atoms with van der Waals surface area (Å²) in [6.45, 7) is 17.5. The van der Waals surface area contributed by atoms with Crippen LogP contribution >= 0.6 is 0 Å². The van der Waals surface area contributed by atoms with Gasteiger partial charge in [0.25, 0.3) is 0 Å². The molecule has 2 atom stereocenters. The van der Waals surface area contributed by atoms with Crippen molar-refractivity contribution in [3.8, 4) is 5.75 Å². The molecule has 0 aromatic heterocycles. The Morgan fingerprint density at radius 1 is 1.29 bits per heavy atom. The summed E-state index contributed by atoms with van der Waals surface area (Å²) in [5, 5.41) is 10.9. The molecule has 132 valence electrons. The summed E-state index contributed by atoms with van der Waals surface area (Å²) < 4.78 is 0. The summed E-state index contributed by atoms with van der Waals surface area (Å²) in [5.74, 6) is 1.12. The number of rotatable bonds is 4. The van der Waals surface area contributed by atoms with E-state index < -0.39 is 0 Å². The number of hydrogen-bond donors (Lipinski definition) is 1. The van der Waals surface area contributed by atoms with Crippen molar-refractivity contribution >= 4 is 0 Å². The van der Waals surface area contributed by atoms with Crippen molar-refractivity contribution in [3.63, 3.8) is 0 Å². The molecule has 1 N–H and O–H groups in total. The highest BCUT2D eigenvalue weighted by Crippen LogP contribution is 2.46. The van der Waals surface area contributed by atoms with E-state index in [0.717, 1.165) is 31.2 Å². The lowest BCUT2D eigenvalue weighted by Gasteiger charge is -2.35. The fourth-order valence-electron chi connectivity index (χ4n) is 4.01. The quantitative estimate of drug-likeness (QED) is 0.613. The molecule has 0 amide bonds. The maximum Gasteiger partial charge on any atom is 0.119 e. The van der Waals surface area contributed by atoms with Crippen LogP contribution in [0.1, 0.15) is 83.4 Å². The van der Waals surface area contributed by atoms with E-state index >= 15 is 0 Å². The zero-order valence-corrected chi connectivity index (χ0v) is 16.4. The van der Waals surface area contributed by atoms with E-state index in [1.807, 2.05) is 6.07 Å². The molecule has 0 fully saturated rings. The number of phenols is 1. The average molecular weight is 327 g/mol. The fourth-order valence-corrected chi connectivity index (χ4v) is 4.01.